The SMILES string of the molecule is CN(C(N)=Nc1ccc(Cl)c2ccccc12)c1ccc2cccc3c2c1CC3. The molecule has 0 radical (unpaired) electrons. The van der Waals surface area contributed by atoms with E-state index >= 15 is 0 Å². The molecule has 4 aromatic carbocycles. The Bertz CT molecular complexity index is 1260. The Labute approximate surface area is 169 Å². The minimum Gasteiger partial charge on any atom is -0.369 e. The van der Waals surface area contributed by atoms with Crippen LogP contribution < -0.4 is 10.6 Å². The summed E-state index contributed by atoms with van der Waals surface area (Å²) in [6, 6.07) is 22.6. The molecule has 0 aliphatic heterocycles. The van der Waals surface area contributed by atoms with Gasteiger partial charge in [-0.15, -0.1) is 0 Å². The average molecular weight is 386 g/mol. The normalized spacial score (nSPS) is 13.4. The van der Waals surface area contributed by atoms with E-state index in [1.54, 1.807) is 0 Å². The van der Waals surface area contributed by atoms with Crippen LogP contribution in [-0.2, 0) is 12.8 Å². The number of rotatable bonds is 2. The van der Waals surface area contributed by atoms with Crippen LogP contribution in [0.15, 0.2) is 71.7 Å². The molecule has 2 N–H and O–H groups in total. The highest BCUT2D eigenvalue weighted by Crippen LogP contribution is 2.37. The summed E-state index contributed by atoms with van der Waals surface area (Å²) in [6.45, 7) is 0. The maximum absolute atomic E-state index is 6.44. The Kier molecular flexibility index (Phi) is 3.99. The van der Waals surface area contributed by atoms with Crippen LogP contribution in [0.2, 0.25) is 5.02 Å². The zero-order valence-corrected chi connectivity index (χ0v) is 16.4. The van der Waals surface area contributed by atoms with Crippen LogP contribution in [0, 0.1) is 0 Å². The molecule has 28 heavy (non-hydrogen) atoms. The summed E-state index contributed by atoms with van der Waals surface area (Å²) in [7, 11) is 1.98. The van der Waals surface area contributed by atoms with Gasteiger partial charge in [-0.25, -0.2) is 4.99 Å². The molecule has 0 saturated heterocycles. The zero-order chi connectivity index (χ0) is 19.3. The molecular weight excluding hydrogens is 366 g/mol. The highest BCUT2D eigenvalue weighted by molar-refractivity contribution is 6.36. The van der Waals surface area contributed by atoms with Gasteiger partial charge in [-0.2, -0.15) is 0 Å². The first-order valence-corrected chi connectivity index (χ1v) is 9.80. The molecule has 4 aromatic rings. The molecular formula is C24H20ClN3. The molecule has 138 valence electrons. The van der Waals surface area contributed by atoms with Crippen molar-refractivity contribution in [2.24, 2.45) is 10.7 Å². The van der Waals surface area contributed by atoms with Crippen molar-refractivity contribution in [2.75, 3.05) is 11.9 Å². The third-order valence-corrected chi connectivity index (χ3v) is 5.98. The number of aryl methyl sites for hydroxylation is 2. The summed E-state index contributed by atoms with van der Waals surface area (Å²) in [4.78, 5) is 6.73. The van der Waals surface area contributed by atoms with Gasteiger partial charge in [0.05, 0.1) is 5.69 Å². The topological polar surface area (TPSA) is 41.6 Å². The number of fused-ring (bicyclic) bond motifs is 1. The predicted octanol–water partition coefficient (Wildman–Crippen LogP) is 5.83. The summed E-state index contributed by atoms with van der Waals surface area (Å²) in [6.07, 6.45) is 2.11. The highest BCUT2D eigenvalue weighted by atomic mass is 35.5. The number of aliphatic imine (C=N–C) groups is 1. The van der Waals surface area contributed by atoms with Gasteiger partial charge in [-0.1, -0.05) is 60.1 Å². The van der Waals surface area contributed by atoms with E-state index in [1.807, 2.05) is 48.3 Å². The molecule has 0 fully saturated rings. The molecule has 3 nitrogen and oxygen atoms in total. The van der Waals surface area contributed by atoms with Crippen molar-refractivity contribution in [1.29, 1.82) is 0 Å². The predicted molar refractivity (Wildman–Crippen MR) is 120 cm³/mol. The Hall–Kier alpha value is -3.04. The van der Waals surface area contributed by atoms with Gasteiger partial charge in [0.1, 0.15) is 0 Å². The maximum atomic E-state index is 6.44. The number of hydrogen-bond acceptors (Lipinski definition) is 1. The molecule has 1 aliphatic carbocycles. The summed E-state index contributed by atoms with van der Waals surface area (Å²) >= 11 is 6.33. The summed E-state index contributed by atoms with van der Waals surface area (Å²) < 4.78 is 0. The lowest BCUT2D eigenvalue weighted by Gasteiger charge is -2.21. The van der Waals surface area contributed by atoms with E-state index in [-0.39, 0.29) is 0 Å². The second kappa shape index (κ2) is 6.54. The van der Waals surface area contributed by atoms with Gasteiger partial charge in [0, 0.05) is 28.5 Å². The first-order chi connectivity index (χ1) is 13.6. The number of hydrogen-bond donors (Lipinski definition) is 1. The minimum absolute atomic E-state index is 0.465. The molecule has 0 aromatic heterocycles. The smallest absolute Gasteiger partial charge is 0.200 e. The van der Waals surface area contributed by atoms with E-state index in [2.05, 4.69) is 30.3 Å². The van der Waals surface area contributed by atoms with Gasteiger partial charge in [0.15, 0.2) is 0 Å². The van der Waals surface area contributed by atoms with E-state index in [0.717, 1.165) is 40.0 Å². The lowest BCUT2D eigenvalue weighted by Crippen LogP contribution is -2.34. The lowest BCUT2D eigenvalue weighted by atomic mass is 10.0. The third-order valence-electron chi connectivity index (χ3n) is 5.65. The first-order valence-electron chi connectivity index (χ1n) is 9.42. The van der Waals surface area contributed by atoms with E-state index in [0.29, 0.717) is 5.96 Å². The Morgan fingerprint density at radius 3 is 2.61 bits per heavy atom. The van der Waals surface area contributed by atoms with Gasteiger partial charge >= 0.3 is 0 Å². The van der Waals surface area contributed by atoms with E-state index in [4.69, 9.17) is 22.3 Å². The number of halogens is 1. The van der Waals surface area contributed by atoms with Gasteiger partial charge in [-0.05, 0) is 52.9 Å². The molecule has 0 atom stereocenters. The van der Waals surface area contributed by atoms with Crippen LogP contribution in [0.25, 0.3) is 21.5 Å². The molecule has 4 heteroatoms. The Balaban J connectivity index is 1.60. The van der Waals surface area contributed by atoms with Crippen LogP contribution in [0.5, 0.6) is 0 Å². The largest absolute Gasteiger partial charge is 0.369 e. The fourth-order valence-electron chi connectivity index (χ4n) is 4.23. The van der Waals surface area contributed by atoms with E-state index in [9.17, 15) is 0 Å². The standard InChI is InChI=1S/C24H20ClN3/c1-28(22-14-10-16-6-4-5-15-9-11-19(22)23(15)16)24(26)27-21-13-12-20(25)17-7-2-3-8-18(17)21/h2-8,10,12-14H,9,11H2,1H3,(H2,26,27). The molecule has 0 amide bonds. The van der Waals surface area contributed by atoms with Gasteiger partial charge in [-0.3, -0.25) is 0 Å². The monoisotopic (exact) mass is 385 g/mol. The fourth-order valence-corrected chi connectivity index (χ4v) is 4.45. The Morgan fingerprint density at radius 1 is 0.929 bits per heavy atom. The number of nitrogens with zero attached hydrogens (tertiary/aromatic N) is 2. The van der Waals surface area contributed by atoms with E-state index < -0.39 is 0 Å². The second-order valence-corrected chi connectivity index (χ2v) is 7.63. The summed E-state index contributed by atoms with van der Waals surface area (Å²) in [5, 5.41) is 5.36. The third kappa shape index (κ3) is 2.62. The quantitative estimate of drug-likeness (QED) is 0.348. The number of anilines is 1. The van der Waals surface area contributed by atoms with E-state index in [1.165, 1.54) is 21.9 Å². The first kappa shape index (κ1) is 17.1. The van der Waals surface area contributed by atoms with Crippen molar-refractivity contribution in [3.05, 3.63) is 82.9 Å². The fraction of sp³-hybridized carbons (Fsp3) is 0.125. The van der Waals surface area contributed by atoms with Crippen LogP contribution in [-0.4, -0.2) is 13.0 Å². The van der Waals surface area contributed by atoms with Crippen molar-refractivity contribution >= 4 is 50.5 Å². The molecule has 0 unspecified atom stereocenters. The second-order valence-electron chi connectivity index (χ2n) is 7.22. The zero-order valence-electron chi connectivity index (χ0n) is 15.6. The van der Waals surface area contributed by atoms with Crippen molar-refractivity contribution in [3.8, 4) is 0 Å². The van der Waals surface area contributed by atoms with Crippen molar-refractivity contribution in [1.82, 2.24) is 0 Å². The molecule has 5 rings (SSSR count). The number of nitrogens with two attached hydrogens (primary N) is 1. The minimum atomic E-state index is 0.465. The van der Waals surface area contributed by atoms with Crippen LogP contribution in [0.4, 0.5) is 11.4 Å². The van der Waals surface area contributed by atoms with Gasteiger partial charge in [0.2, 0.25) is 5.96 Å². The number of benzene rings is 4. The Morgan fingerprint density at radius 2 is 1.75 bits per heavy atom. The van der Waals surface area contributed by atoms with Gasteiger partial charge in [0.25, 0.3) is 0 Å². The summed E-state index contributed by atoms with van der Waals surface area (Å²) in [5.74, 6) is 0.465. The molecule has 0 spiro atoms. The van der Waals surface area contributed by atoms with Crippen molar-refractivity contribution in [2.45, 2.75) is 12.8 Å². The van der Waals surface area contributed by atoms with Gasteiger partial charge < -0.3 is 10.6 Å². The molecule has 0 bridgehead atoms. The highest BCUT2D eigenvalue weighted by Gasteiger charge is 2.20. The molecule has 0 heterocycles. The molecule has 1 aliphatic rings. The van der Waals surface area contributed by atoms with Crippen molar-refractivity contribution < 1.29 is 0 Å². The van der Waals surface area contributed by atoms with Crippen molar-refractivity contribution in [3.63, 3.8) is 0 Å². The number of guanidine groups is 1. The van der Waals surface area contributed by atoms with Crippen LogP contribution >= 0.6 is 11.6 Å². The summed E-state index contributed by atoms with van der Waals surface area (Å²) in [5.41, 5.74) is 11.2. The van der Waals surface area contributed by atoms with Crippen LogP contribution in [0.3, 0.4) is 0 Å². The molecule has 0 saturated carbocycles. The average Bonchev–Trinajstić information content (AvgIpc) is 3.16. The maximum Gasteiger partial charge on any atom is 0.200 e. The lowest BCUT2D eigenvalue weighted by molar-refractivity contribution is 1.02. The van der Waals surface area contributed by atoms with Crippen LogP contribution in [0.1, 0.15) is 11.1 Å².